The molecule has 0 bridgehead atoms. The molecule has 4 heterocycles. The molecule has 6 aromatic carbocycles. The lowest BCUT2D eigenvalue weighted by atomic mass is 9.86. The Balaban J connectivity index is 1.16. The summed E-state index contributed by atoms with van der Waals surface area (Å²) in [6, 6.07) is 37.9. The molecule has 70 heavy (non-hydrogen) atoms. The first kappa shape index (κ1) is 45.9. The van der Waals surface area contributed by atoms with Gasteiger partial charge < -0.3 is 49.6 Å². The van der Waals surface area contributed by atoms with Gasteiger partial charge in [-0.25, -0.2) is 0 Å². The van der Waals surface area contributed by atoms with Crippen molar-refractivity contribution in [3.63, 3.8) is 0 Å². The highest BCUT2D eigenvalue weighted by atomic mass is 16.5. The van der Waals surface area contributed by atoms with Crippen LogP contribution in [0, 0.1) is 0 Å². The molecule has 0 radical (unpaired) electrons. The first-order chi connectivity index (χ1) is 34.3. The standard InChI is InChI=1S/C57H54N4O9/c62-41-17-13-35(14-18-41)56-51(53(60-69-56)37-7-5-11-43(64)31-37)49-33-45(67-29-25-39-9-1-3-27-58-39)21-23-47(49)55(66)48-24-22-46(68-30-26-40-10-2-4-28-59-40)34-50(48)52-54(38-8-6-12-44(65)32-38)61-70-57(52)36-15-19-42(63)20-16-36/h5-8,11-24,31-34,39-40,58-59,62-65H,1-4,9-10,25-30H2. The molecule has 2 atom stereocenters. The zero-order valence-corrected chi connectivity index (χ0v) is 38.6. The quantitative estimate of drug-likeness (QED) is 0.0502. The van der Waals surface area contributed by atoms with E-state index in [9.17, 15) is 20.4 Å². The average Bonchev–Trinajstić information content (AvgIpc) is 4.04. The molecular formula is C57H54N4O9. The van der Waals surface area contributed by atoms with Crippen molar-refractivity contribution >= 4 is 5.78 Å². The summed E-state index contributed by atoms with van der Waals surface area (Å²) in [5.74, 6) is 1.49. The highest BCUT2D eigenvalue weighted by Gasteiger charge is 2.31. The number of carbonyl (C=O) groups excluding carboxylic acids is 1. The summed E-state index contributed by atoms with van der Waals surface area (Å²) in [6.07, 6.45) is 8.39. The summed E-state index contributed by atoms with van der Waals surface area (Å²) in [6.45, 7) is 2.83. The molecule has 10 rings (SSSR count). The molecule has 0 aliphatic carbocycles. The molecule has 0 amide bonds. The number of phenols is 4. The van der Waals surface area contributed by atoms with Gasteiger partial charge in [0.1, 0.15) is 45.9 Å². The van der Waals surface area contributed by atoms with Crippen molar-refractivity contribution in [3.05, 3.63) is 145 Å². The number of phenolic OH excluding ortho intramolecular Hbond substituents is 4. The number of ketones is 1. The Morgan fingerprint density at radius 1 is 0.514 bits per heavy atom. The lowest BCUT2D eigenvalue weighted by Gasteiger charge is -2.23. The summed E-state index contributed by atoms with van der Waals surface area (Å²) in [7, 11) is 0. The number of piperidine rings is 2. The van der Waals surface area contributed by atoms with Gasteiger partial charge in [-0.2, -0.15) is 0 Å². The second-order valence-electron chi connectivity index (χ2n) is 18.0. The van der Waals surface area contributed by atoms with E-state index in [-0.39, 0.29) is 39.9 Å². The van der Waals surface area contributed by atoms with Gasteiger partial charge in [0.05, 0.1) is 24.3 Å². The molecule has 2 aliphatic heterocycles. The van der Waals surface area contributed by atoms with E-state index in [4.69, 9.17) is 18.5 Å². The van der Waals surface area contributed by atoms with E-state index in [1.165, 1.54) is 0 Å². The van der Waals surface area contributed by atoms with Crippen molar-refractivity contribution in [1.29, 1.82) is 0 Å². The lowest BCUT2D eigenvalue weighted by Crippen LogP contribution is -2.35. The summed E-state index contributed by atoms with van der Waals surface area (Å²) >= 11 is 0. The topological polar surface area (TPSA) is 193 Å². The van der Waals surface area contributed by atoms with Crippen molar-refractivity contribution in [2.75, 3.05) is 26.3 Å². The maximum atomic E-state index is 16.0. The van der Waals surface area contributed by atoms with E-state index in [0.717, 1.165) is 64.5 Å². The van der Waals surface area contributed by atoms with Crippen LogP contribution in [0.2, 0.25) is 0 Å². The van der Waals surface area contributed by atoms with E-state index in [0.29, 0.717) is 104 Å². The number of hydrogen-bond acceptors (Lipinski definition) is 13. The fourth-order valence-corrected chi connectivity index (χ4v) is 9.56. The van der Waals surface area contributed by atoms with Crippen LogP contribution < -0.4 is 20.1 Å². The van der Waals surface area contributed by atoms with Crippen molar-refractivity contribution in [2.24, 2.45) is 0 Å². The number of carbonyl (C=O) groups is 1. The average molecular weight is 939 g/mol. The minimum absolute atomic E-state index is 0.0185. The molecule has 8 aromatic rings. The molecule has 356 valence electrons. The molecule has 13 heteroatoms. The molecule has 13 nitrogen and oxygen atoms in total. The predicted octanol–water partition coefficient (Wildman–Crippen LogP) is 11.5. The van der Waals surface area contributed by atoms with Crippen LogP contribution in [0.1, 0.15) is 67.3 Å². The number of rotatable bonds is 16. The normalized spacial score (nSPS) is 15.9. The van der Waals surface area contributed by atoms with Gasteiger partial charge in [0, 0.05) is 56.6 Å². The molecule has 2 fully saturated rings. The maximum Gasteiger partial charge on any atom is 0.194 e. The van der Waals surface area contributed by atoms with E-state index >= 15 is 4.79 Å². The van der Waals surface area contributed by atoms with Crippen molar-refractivity contribution in [3.8, 4) is 102 Å². The van der Waals surface area contributed by atoms with Gasteiger partial charge in [-0.3, -0.25) is 4.79 Å². The number of nitrogens with one attached hydrogen (secondary N) is 2. The number of benzene rings is 6. The van der Waals surface area contributed by atoms with Gasteiger partial charge in [0.25, 0.3) is 0 Å². The lowest BCUT2D eigenvalue weighted by molar-refractivity contribution is 0.104. The third-order valence-corrected chi connectivity index (χ3v) is 13.2. The summed E-state index contributed by atoms with van der Waals surface area (Å²) < 4.78 is 25.3. The molecule has 2 unspecified atom stereocenters. The molecule has 2 saturated heterocycles. The van der Waals surface area contributed by atoms with Crippen LogP contribution in [0.3, 0.4) is 0 Å². The Hall–Kier alpha value is -7.87. The monoisotopic (exact) mass is 938 g/mol. The predicted molar refractivity (Wildman–Crippen MR) is 267 cm³/mol. The van der Waals surface area contributed by atoms with E-state index in [1.54, 1.807) is 109 Å². The van der Waals surface area contributed by atoms with Crippen LogP contribution in [0.4, 0.5) is 0 Å². The number of aromatic nitrogens is 2. The fourth-order valence-electron chi connectivity index (χ4n) is 9.56. The Kier molecular flexibility index (Phi) is 13.6. The number of hydrogen-bond donors (Lipinski definition) is 6. The van der Waals surface area contributed by atoms with E-state index < -0.39 is 0 Å². The molecule has 0 saturated carbocycles. The maximum absolute atomic E-state index is 16.0. The van der Waals surface area contributed by atoms with Crippen LogP contribution in [0.25, 0.3) is 67.4 Å². The molecule has 2 aromatic heterocycles. The van der Waals surface area contributed by atoms with Gasteiger partial charge in [-0.1, -0.05) is 47.4 Å². The van der Waals surface area contributed by atoms with Crippen LogP contribution in [0.5, 0.6) is 34.5 Å². The molecule has 2 aliphatic rings. The first-order valence-electron chi connectivity index (χ1n) is 24.0. The summed E-state index contributed by atoms with van der Waals surface area (Å²) in [5.41, 5.74) is 5.39. The minimum Gasteiger partial charge on any atom is -0.508 e. The number of aromatic hydroxyl groups is 4. The Morgan fingerprint density at radius 3 is 1.36 bits per heavy atom. The molecule has 0 spiro atoms. The van der Waals surface area contributed by atoms with Crippen molar-refractivity contribution in [2.45, 2.75) is 63.5 Å². The van der Waals surface area contributed by atoms with E-state index in [1.807, 2.05) is 24.3 Å². The second-order valence-corrected chi connectivity index (χ2v) is 18.0. The smallest absolute Gasteiger partial charge is 0.194 e. The highest BCUT2D eigenvalue weighted by Crippen LogP contribution is 2.47. The van der Waals surface area contributed by atoms with Gasteiger partial charge in [-0.15, -0.1) is 0 Å². The fraction of sp³-hybridized carbons (Fsp3) is 0.246. The first-order valence-corrected chi connectivity index (χ1v) is 24.0. The van der Waals surface area contributed by atoms with Crippen LogP contribution in [-0.2, 0) is 0 Å². The SMILES string of the molecule is O=C(c1ccc(OCCC2CCCCN2)cc1-c1c(-c2cccc(O)c2)noc1-c1ccc(O)cc1)c1ccc(OCCC2CCCCN2)cc1-c1c(-c2cccc(O)c2)noc1-c1ccc(O)cc1. The van der Waals surface area contributed by atoms with Crippen molar-refractivity contribution < 1.29 is 43.7 Å². The van der Waals surface area contributed by atoms with Gasteiger partial charge >= 0.3 is 0 Å². The van der Waals surface area contributed by atoms with Crippen molar-refractivity contribution in [1.82, 2.24) is 20.9 Å². The second kappa shape index (κ2) is 20.8. The van der Waals surface area contributed by atoms with Crippen LogP contribution in [-0.4, -0.2) is 74.9 Å². The van der Waals surface area contributed by atoms with E-state index in [2.05, 4.69) is 20.9 Å². The molecular weight excluding hydrogens is 885 g/mol. The summed E-state index contributed by atoms with van der Waals surface area (Å²) in [4.78, 5) is 16.0. The number of nitrogens with zero attached hydrogens (tertiary/aromatic N) is 2. The van der Waals surface area contributed by atoms with Gasteiger partial charge in [-0.05, 0) is 161 Å². The molecule has 6 N–H and O–H groups in total. The number of ether oxygens (including phenoxy) is 2. The Morgan fingerprint density at radius 2 is 0.957 bits per heavy atom. The summed E-state index contributed by atoms with van der Waals surface area (Å²) in [5, 5.41) is 58.4. The van der Waals surface area contributed by atoms with Crippen LogP contribution >= 0.6 is 0 Å². The van der Waals surface area contributed by atoms with Crippen LogP contribution in [0.15, 0.2) is 143 Å². The Bertz CT molecular complexity index is 2890. The van der Waals surface area contributed by atoms with Gasteiger partial charge in [0.2, 0.25) is 0 Å². The zero-order chi connectivity index (χ0) is 48.0. The Labute approximate surface area is 405 Å². The highest BCUT2D eigenvalue weighted by molar-refractivity contribution is 6.18. The minimum atomic E-state index is -0.375. The zero-order valence-electron chi connectivity index (χ0n) is 38.6. The largest absolute Gasteiger partial charge is 0.508 e. The van der Waals surface area contributed by atoms with Gasteiger partial charge in [0.15, 0.2) is 17.3 Å². The third kappa shape index (κ3) is 10.1. The third-order valence-electron chi connectivity index (χ3n) is 13.2.